The van der Waals surface area contributed by atoms with Crippen molar-refractivity contribution in [3.63, 3.8) is 0 Å². The highest BCUT2D eigenvalue weighted by Gasteiger charge is 2.44. The van der Waals surface area contributed by atoms with E-state index in [9.17, 15) is 13.2 Å². The van der Waals surface area contributed by atoms with Gasteiger partial charge >= 0.3 is 6.18 Å². The zero-order valence-corrected chi connectivity index (χ0v) is 10.0. The summed E-state index contributed by atoms with van der Waals surface area (Å²) in [5, 5.41) is 0. The van der Waals surface area contributed by atoms with Crippen molar-refractivity contribution in [2.24, 2.45) is 5.73 Å². The summed E-state index contributed by atoms with van der Waals surface area (Å²) >= 11 is 0. The van der Waals surface area contributed by atoms with Gasteiger partial charge in [0.2, 0.25) is 0 Å². The Labute approximate surface area is 99.4 Å². The first-order valence-electron chi connectivity index (χ1n) is 6.00. The lowest BCUT2D eigenvalue weighted by Crippen LogP contribution is -2.47. The maximum atomic E-state index is 12.7. The Morgan fingerprint density at radius 2 is 2.12 bits per heavy atom. The molecule has 0 bridgehead atoms. The van der Waals surface area contributed by atoms with Crippen LogP contribution < -0.4 is 5.73 Å². The predicted molar refractivity (Wildman–Crippen MR) is 57.7 cm³/mol. The average Bonchev–Trinajstić information content (AvgIpc) is 2.28. The highest BCUT2D eigenvalue weighted by molar-refractivity contribution is 4.80. The van der Waals surface area contributed by atoms with Crippen LogP contribution in [0.3, 0.4) is 0 Å². The Bertz CT molecular complexity index is 217. The third-order valence-corrected chi connectivity index (χ3v) is 2.92. The summed E-state index contributed by atoms with van der Waals surface area (Å²) in [6.07, 6.45) is -3.60. The number of hydrogen-bond acceptors (Lipinski definition) is 3. The van der Waals surface area contributed by atoms with Gasteiger partial charge in [0.05, 0.1) is 12.7 Å². The van der Waals surface area contributed by atoms with Gasteiger partial charge in [0.15, 0.2) is 6.10 Å². The van der Waals surface area contributed by atoms with E-state index in [1.54, 1.807) is 6.92 Å². The van der Waals surface area contributed by atoms with Crippen LogP contribution in [0.2, 0.25) is 0 Å². The maximum Gasteiger partial charge on any atom is 0.416 e. The molecule has 1 aliphatic heterocycles. The Hall–Kier alpha value is -0.330. The van der Waals surface area contributed by atoms with Crippen molar-refractivity contribution in [1.82, 2.24) is 0 Å². The predicted octanol–water partition coefficient (Wildman–Crippen LogP) is 2.24. The SMILES string of the molecule is CCC(N)C(OCC1CCCCO1)C(F)(F)F. The van der Waals surface area contributed by atoms with Crippen LogP contribution in [0.15, 0.2) is 0 Å². The monoisotopic (exact) mass is 255 g/mol. The van der Waals surface area contributed by atoms with Gasteiger partial charge in [0.1, 0.15) is 0 Å². The number of rotatable bonds is 5. The quantitative estimate of drug-likeness (QED) is 0.819. The van der Waals surface area contributed by atoms with Gasteiger partial charge in [-0.1, -0.05) is 6.92 Å². The highest BCUT2D eigenvalue weighted by atomic mass is 19.4. The Morgan fingerprint density at radius 3 is 2.59 bits per heavy atom. The van der Waals surface area contributed by atoms with Crippen LogP contribution in [0, 0.1) is 0 Å². The molecule has 1 rings (SSSR count). The Kier molecular flexibility index (Phi) is 5.69. The lowest BCUT2D eigenvalue weighted by atomic mass is 10.1. The maximum absolute atomic E-state index is 12.7. The molecule has 1 fully saturated rings. The van der Waals surface area contributed by atoms with Crippen molar-refractivity contribution < 1.29 is 22.6 Å². The summed E-state index contributed by atoms with van der Waals surface area (Å²) in [5.41, 5.74) is 5.43. The molecule has 2 N–H and O–H groups in total. The molecule has 0 aromatic heterocycles. The van der Waals surface area contributed by atoms with Crippen molar-refractivity contribution in [1.29, 1.82) is 0 Å². The minimum absolute atomic E-state index is 0.0299. The summed E-state index contributed by atoms with van der Waals surface area (Å²) in [4.78, 5) is 0. The molecule has 3 atom stereocenters. The van der Waals surface area contributed by atoms with Crippen LogP contribution in [0.4, 0.5) is 13.2 Å². The Balaban J connectivity index is 2.43. The van der Waals surface area contributed by atoms with Crippen molar-refractivity contribution >= 4 is 0 Å². The minimum atomic E-state index is -4.41. The summed E-state index contributed by atoms with van der Waals surface area (Å²) in [6.45, 7) is 2.19. The highest BCUT2D eigenvalue weighted by Crippen LogP contribution is 2.26. The van der Waals surface area contributed by atoms with Gasteiger partial charge < -0.3 is 15.2 Å². The van der Waals surface area contributed by atoms with Gasteiger partial charge in [-0.2, -0.15) is 13.2 Å². The van der Waals surface area contributed by atoms with Crippen LogP contribution in [-0.4, -0.2) is 37.6 Å². The second-order valence-electron chi connectivity index (χ2n) is 4.36. The van der Waals surface area contributed by atoms with Crippen LogP contribution in [-0.2, 0) is 9.47 Å². The standard InChI is InChI=1S/C11H20F3NO2/c1-2-9(15)10(11(12,13)14)17-7-8-5-3-4-6-16-8/h8-10H,2-7,15H2,1H3. The lowest BCUT2D eigenvalue weighted by Gasteiger charge is -2.29. The number of halogens is 3. The van der Waals surface area contributed by atoms with Gasteiger partial charge in [-0.3, -0.25) is 0 Å². The topological polar surface area (TPSA) is 44.5 Å². The van der Waals surface area contributed by atoms with Crippen LogP contribution in [0.1, 0.15) is 32.6 Å². The van der Waals surface area contributed by atoms with Gasteiger partial charge in [-0.25, -0.2) is 0 Å². The summed E-state index contributed by atoms with van der Waals surface area (Å²) in [5.74, 6) is 0. The molecule has 0 aliphatic carbocycles. The van der Waals surface area contributed by atoms with Crippen molar-refractivity contribution in [2.45, 2.75) is 57.0 Å². The molecular formula is C11H20F3NO2. The van der Waals surface area contributed by atoms with Crippen LogP contribution in [0.25, 0.3) is 0 Å². The third-order valence-electron chi connectivity index (χ3n) is 2.92. The molecule has 0 aromatic carbocycles. The van der Waals surface area contributed by atoms with Crippen LogP contribution in [0.5, 0.6) is 0 Å². The van der Waals surface area contributed by atoms with E-state index in [0.29, 0.717) is 6.61 Å². The molecule has 0 spiro atoms. The number of ether oxygens (including phenoxy) is 2. The van der Waals surface area contributed by atoms with E-state index in [1.165, 1.54) is 0 Å². The Morgan fingerprint density at radius 1 is 1.41 bits per heavy atom. The van der Waals surface area contributed by atoms with E-state index in [2.05, 4.69) is 0 Å². The molecule has 6 heteroatoms. The first-order valence-corrected chi connectivity index (χ1v) is 6.00. The molecule has 17 heavy (non-hydrogen) atoms. The van der Waals surface area contributed by atoms with Crippen molar-refractivity contribution in [2.75, 3.05) is 13.2 Å². The zero-order valence-electron chi connectivity index (χ0n) is 10.0. The number of nitrogens with two attached hydrogens (primary N) is 1. The smallest absolute Gasteiger partial charge is 0.376 e. The molecule has 1 heterocycles. The first kappa shape index (κ1) is 14.7. The van der Waals surface area contributed by atoms with Gasteiger partial charge in [0.25, 0.3) is 0 Å². The molecule has 0 aromatic rings. The molecular weight excluding hydrogens is 235 g/mol. The van der Waals surface area contributed by atoms with Gasteiger partial charge in [-0.15, -0.1) is 0 Å². The van der Waals surface area contributed by atoms with E-state index >= 15 is 0 Å². The van der Waals surface area contributed by atoms with E-state index in [1.807, 2.05) is 0 Å². The second-order valence-corrected chi connectivity index (χ2v) is 4.36. The van der Waals surface area contributed by atoms with Crippen LogP contribution >= 0.6 is 0 Å². The second kappa shape index (κ2) is 6.56. The number of hydrogen-bond donors (Lipinski definition) is 1. The van der Waals surface area contributed by atoms with E-state index < -0.39 is 18.3 Å². The summed E-state index contributed by atoms with van der Waals surface area (Å²) in [6, 6.07) is -1.02. The molecule has 1 aliphatic rings. The minimum Gasteiger partial charge on any atom is -0.376 e. The molecule has 3 unspecified atom stereocenters. The van der Waals surface area contributed by atoms with Gasteiger partial charge in [0, 0.05) is 12.6 Å². The first-order chi connectivity index (χ1) is 7.95. The summed E-state index contributed by atoms with van der Waals surface area (Å²) < 4.78 is 48.2. The van der Waals surface area contributed by atoms with Crippen molar-refractivity contribution in [3.8, 4) is 0 Å². The normalized spacial score (nSPS) is 25.6. The molecule has 0 radical (unpaired) electrons. The fraction of sp³-hybridized carbons (Fsp3) is 1.00. The summed E-state index contributed by atoms with van der Waals surface area (Å²) in [7, 11) is 0. The molecule has 102 valence electrons. The molecule has 0 amide bonds. The fourth-order valence-corrected chi connectivity index (χ4v) is 1.82. The molecule has 0 saturated carbocycles. The third kappa shape index (κ3) is 4.81. The molecule has 1 saturated heterocycles. The van der Waals surface area contributed by atoms with Crippen molar-refractivity contribution in [3.05, 3.63) is 0 Å². The molecule has 3 nitrogen and oxygen atoms in total. The largest absolute Gasteiger partial charge is 0.416 e. The lowest BCUT2D eigenvalue weighted by molar-refractivity contribution is -0.234. The number of alkyl halides is 3. The zero-order chi connectivity index (χ0) is 12.9. The van der Waals surface area contributed by atoms with E-state index in [-0.39, 0.29) is 19.1 Å². The van der Waals surface area contributed by atoms with E-state index in [4.69, 9.17) is 15.2 Å². The van der Waals surface area contributed by atoms with Gasteiger partial charge in [-0.05, 0) is 25.7 Å². The fourth-order valence-electron chi connectivity index (χ4n) is 1.82. The average molecular weight is 255 g/mol. The van der Waals surface area contributed by atoms with E-state index in [0.717, 1.165) is 19.3 Å².